The monoisotopic (exact) mass is 478 g/mol. The molecule has 1 aliphatic heterocycles. The van der Waals surface area contributed by atoms with Crippen LogP contribution in [0.4, 0.5) is 0 Å². The fourth-order valence-corrected chi connectivity index (χ4v) is 4.10. The minimum Gasteiger partial charge on any atom is -0.497 e. The van der Waals surface area contributed by atoms with Crippen LogP contribution >= 0.6 is 39.9 Å². The van der Waals surface area contributed by atoms with E-state index in [4.69, 9.17) is 21.7 Å². The Kier molecular flexibility index (Phi) is 6.38. The van der Waals surface area contributed by atoms with Crippen molar-refractivity contribution in [3.05, 3.63) is 63.0 Å². The summed E-state index contributed by atoms with van der Waals surface area (Å²) < 4.78 is 11.4. The number of ether oxygens (including phenoxy) is 2. The number of nitrogens with one attached hydrogen (secondary N) is 1. The molecule has 0 spiro atoms. The summed E-state index contributed by atoms with van der Waals surface area (Å²) >= 11 is 9.69. The molecule has 0 atom stereocenters. The van der Waals surface area contributed by atoms with Crippen LogP contribution in [0.3, 0.4) is 0 Å². The molecule has 0 aliphatic carbocycles. The zero-order valence-corrected chi connectivity index (χ0v) is 18.1. The van der Waals surface area contributed by atoms with Gasteiger partial charge in [-0.3, -0.25) is 15.0 Å². The molecule has 0 aromatic heterocycles. The van der Waals surface area contributed by atoms with Gasteiger partial charge in [-0.05, 0) is 64.6 Å². The van der Waals surface area contributed by atoms with E-state index in [9.17, 15) is 9.59 Å². The van der Waals surface area contributed by atoms with Crippen molar-refractivity contribution in [3.63, 3.8) is 0 Å². The molecule has 2 amide bonds. The molecular formula is C19H15BrN2O4S2. The normalized spacial score (nSPS) is 15.1. The smallest absolute Gasteiger partial charge is 0.285 e. The Bertz CT molecular complexity index is 994. The molecule has 28 heavy (non-hydrogen) atoms. The number of thioether (sulfide) groups is 1. The van der Waals surface area contributed by atoms with Crippen LogP contribution in [0.2, 0.25) is 0 Å². The molecule has 2 aromatic rings. The number of rotatable bonds is 5. The van der Waals surface area contributed by atoms with E-state index in [1.165, 1.54) is 0 Å². The molecule has 0 unspecified atom stereocenters. The average molecular weight is 479 g/mol. The van der Waals surface area contributed by atoms with Crippen molar-refractivity contribution < 1.29 is 19.1 Å². The molecule has 0 bridgehead atoms. The fourth-order valence-electron chi connectivity index (χ4n) is 2.46. The number of hydrogen-bond donors (Lipinski definition) is 1. The van der Waals surface area contributed by atoms with E-state index < -0.39 is 11.8 Å². The molecule has 0 radical (unpaired) electrons. The van der Waals surface area contributed by atoms with Gasteiger partial charge in [0.15, 0.2) is 4.32 Å². The van der Waals surface area contributed by atoms with Gasteiger partial charge < -0.3 is 9.47 Å². The van der Waals surface area contributed by atoms with E-state index in [-0.39, 0.29) is 4.32 Å². The number of hydrazine groups is 1. The molecule has 1 saturated heterocycles. The van der Waals surface area contributed by atoms with Gasteiger partial charge in [-0.2, -0.15) is 5.01 Å². The largest absolute Gasteiger partial charge is 0.497 e. The maximum atomic E-state index is 12.8. The Morgan fingerprint density at radius 1 is 1.21 bits per heavy atom. The molecule has 3 rings (SSSR count). The number of hydrogen-bond acceptors (Lipinski definition) is 6. The van der Waals surface area contributed by atoms with Gasteiger partial charge >= 0.3 is 0 Å². The van der Waals surface area contributed by atoms with Crippen LogP contribution in [0.25, 0.3) is 6.08 Å². The number of carbonyl (C=O) groups excluding carboxylic acids is 2. The van der Waals surface area contributed by atoms with Crippen LogP contribution in [-0.2, 0) is 4.79 Å². The highest BCUT2D eigenvalue weighted by molar-refractivity contribution is 9.10. The van der Waals surface area contributed by atoms with Gasteiger partial charge in [0.25, 0.3) is 11.8 Å². The summed E-state index contributed by atoms with van der Waals surface area (Å²) in [6.45, 7) is 0. The summed E-state index contributed by atoms with van der Waals surface area (Å²) in [5.74, 6) is 0.359. The predicted molar refractivity (Wildman–Crippen MR) is 116 cm³/mol. The number of benzene rings is 2. The van der Waals surface area contributed by atoms with E-state index in [2.05, 4.69) is 21.4 Å². The van der Waals surface area contributed by atoms with Crippen LogP contribution in [0.1, 0.15) is 15.9 Å². The topological polar surface area (TPSA) is 67.9 Å². The Labute approximate surface area is 180 Å². The van der Waals surface area contributed by atoms with Crippen molar-refractivity contribution in [2.24, 2.45) is 0 Å². The van der Waals surface area contributed by atoms with Crippen LogP contribution in [0, 0.1) is 0 Å². The number of halogens is 1. The highest BCUT2D eigenvalue weighted by Gasteiger charge is 2.34. The molecule has 1 N–H and O–H groups in total. The Morgan fingerprint density at radius 2 is 1.96 bits per heavy atom. The van der Waals surface area contributed by atoms with Gasteiger partial charge in [-0.15, -0.1) is 0 Å². The van der Waals surface area contributed by atoms with Crippen molar-refractivity contribution in [1.29, 1.82) is 0 Å². The fraction of sp³-hybridized carbons (Fsp3) is 0.105. The maximum Gasteiger partial charge on any atom is 0.285 e. The number of carbonyl (C=O) groups is 2. The quantitative estimate of drug-likeness (QED) is 0.517. The predicted octanol–water partition coefficient (Wildman–Crippen LogP) is 4.01. The highest BCUT2D eigenvalue weighted by Crippen LogP contribution is 2.34. The van der Waals surface area contributed by atoms with Crippen LogP contribution < -0.4 is 14.9 Å². The van der Waals surface area contributed by atoms with Crippen molar-refractivity contribution >= 4 is 62.1 Å². The first-order valence-corrected chi connectivity index (χ1v) is 10.0. The molecular weight excluding hydrogens is 464 g/mol. The second kappa shape index (κ2) is 8.76. The Hall–Kier alpha value is -2.36. The van der Waals surface area contributed by atoms with E-state index in [1.54, 1.807) is 62.8 Å². The summed E-state index contributed by atoms with van der Waals surface area (Å²) in [5.41, 5.74) is 3.62. The third-order valence-corrected chi connectivity index (χ3v) is 5.84. The molecule has 1 heterocycles. The van der Waals surface area contributed by atoms with E-state index in [0.717, 1.165) is 16.8 Å². The lowest BCUT2D eigenvalue weighted by Gasteiger charge is -2.16. The van der Waals surface area contributed by atoms with E-state index >= 15 is 0 Å². The molecule has 144 valence electrons. The van der Waals surface area contributed by atoms with Gasteiger partial charge in [0.1, 0.15) is 11.5 Å². The summed E-state index contributed by atoms with van der Waals surface area (Å²) in [4.78, 5) is 25.6. The SMILES string of the molecule is COc1ccc(OC)c(C=C2SC(=S)N(NC(=O)c3ccccc3Br)C2=O)c1. The second-order valence-electron chi connectivity index (χ2n) is 5.55. The van der Waals surface area contributed by atoms with Gasteiger partial charge in [-0.25, -0.2) is 0 Å². The summed E-state index contributed by atoms with van der Waals surface area (Å²) in [6, 6.07) is 12.2. The van der Waals surface area contributed by atoms with Gasteiger partial charge in [-0.1, -0.05) is 23.9 Å². The zero-order valence-electron chi connectivity index (χ0n) is 14.9. The third-order valence-electron chi connectivity index (χ3n) is 3.85. The number of methoxy groups -OCH3 is 2. The Balaban J connectivity index is 1.85. The molecule has 2 aromatic carbocycles. The van der Waals surface area contributed by atoms with Crippen molar-refractivity contribution in [2.75, 3.05) is 14.2 Å². The van der Waals surface area contributed by atoms with E-state index in [0.29, 0.717) is 32.0 Å². The summed E-state index contributed by atoms with van der Waals surface area (Å²) in [5, 5.41) is 1.07. The van der Waals surface area contributed by atoms with Crippen LogP contribution in [0.15, 0.2) is 51.8 Å². The molecule has 1 fully saturated rings. The molecule has 9 heteroatoms. The van der Waals surface area contributed by atoms with Gasteiger partial charge in [0.2, 0.25) is 0 Å². The van der Waals surface area contributed by atoms with Crippen LogP contribution in [-0.4, -0.2) is 35.4 Å². The standard InChI is InChI=1S/C19H15BrN2O4S2/c1-25-12-7-8-15(26-2)11(9-12)10-16-18(24)22(19(27)28-16)21-17(23)13-5-3-4-6-14(13)20/h3-10H,1-2H3,(H,21,23). The third kappa shape index (κ3) is 4.21. The summed E-state index contributed by atoms with van der Waals surface area (Å²) in [6.07, 6.45) is 1.66. The minimum atomic E-state index is -0.441. The summed E-state index contributed by atoms with van der Waals surface area (Å²) in [7, 11) is 3.10. The first-order valence-electron chi connectivity index (χ1n) is 8.00. The van der Waals surface area contributed by atoms with Gasteiger partial charge in [0, 0.05) is 10.0 Å². The number of thiocarbonyl (C=S) groups is 1. The van der Waals surface area contributed by atoms with Crippen LogP contribution in [0.5, 0.6) is 11.5 Å². The van der Waals surface area contributed by atoms with Gasteiger partial charge in [0.05, 0.1) is 24.7 Å². The first kappa shape index (κ1) is 20.4. The second-order valence-corrected chi connectivity index (χ2v) is 8.08. The lowest BCUT2D eigenvalue weighted by Crippen LogP contribution is -2.44. The lowest BCUT2D eigenvalue weighted by molar-refractivity contribution is -0.123. The maximum absolute atomic E-state index is 12.8. The highest BCUT2D eigenvalue weighted by atomic mass is 79.9. The average Bonchev–Trinajstić information content (AvgIpc) is 2.95. The first-order chi connectivity index (χ1) is 13.4. The lowest BCUT2D eigenvalue weighted by atomic mass is 10.1. The molecule has 6 nitrogen and oxygen atoms in total. The Morgan fingerprint density at radius 3 is 2.64 bits per heavy atom. The van der Waals surface area contributed by atoms with Crippen molar-refractivity contribution in [1.82, 2.24) is 10.4 Å². The number of nitrogens with zero attached hydrogens (tertiary/aromatic N) is 1. The molecule has 0 saturated carbocycles. The van der Waals surface area contributed by atoms with Crippen molar-refractivity contribution in [3.8, 4) is 11.5 Å². The molecule has 1 aliphatic rings. The van der Waals surface area contributed by atoms with Crippen molar-refractivity contribution in [2.45, 2.75) is 0 Å². The number of amides is 2. The minimum absolute atomic E-state index is 0.235. The van der Waals surface area contributed by atoms with E-state index in [1.807, 2.05) is 0 Å². The zero-order chi connectivity index (χ0) is 20.3.